The smallest absolute Gasteiger partial charge is 0.387 e. The highest BCUT2D eigenvalue weighted by molar-refractivity contribution is 9.10. The first-order chi connectivity index (χ1) is 11.4. The van der Waals surface area contributed by atoms with E-state index in [0.717, 1.165) is 11.1 Å². The molecule has 2 rings (SSSR count). The SMILES string of the molecule is Cc1cccc(NC(=O)/C=C/c2cc(Br)ccc2OC(F)F)c1C. The average molecular weight is 396 g/mol. The number of benzene rings is 2. The molecule has 0 aliphatic heterocycles. The van der Waals surface area contributed by atoms with Gasteiger partial charge >= 0.3 is 6.61 Å². The summed E-state index contributed by atoms with van der Waals surface area (Å²) >= 11 is 3.26. The lowest BCUT2D eigenvalue weighted by Crippen LogP contribution is -2.09. The van der Waals surface area contributed by atoms with Crippen molar-refractivity contribution < 1.29 is 18.3 Å². The van der Waals surface area contributed by atoms with E-state index in [1.54, 1.807) is 18.2 Å². The van der Waals surface area contributed by atoms with Crippen LogP contribution in [0.2, 0.25) is 0 Å². The summed E-state index contributed by atoms with van der Waals surface area (Å²) in [6.07, 6.45) is 2.71. The van der Waals surface area contributed by atoms with Crippen molar-refractivity contribution in [1.82, 2.24) is 0 Å². The molecule has 0 fully saturated rings. The summed E-state index contributed by atoms with van der Waals surface area (Å²) < 4.78 is 30.0. The van der Waals surface area contributed by atoms with Crippen LogP contribution in [0, 0.1) is 13.8 Å². The number of ether oxygens (including phenoxy) is 1. The van der Waals surface area contributed by atoms with Gasteiger partial charge in [0.15, 0.2) is 0 Å². The van der Waals surface area contributed by atoms with Crippen LogP contribution < -0.4 is 10.1 Å². The second-order valence-electron chi connectivity index (χ2n) is 5.13. The van der Waals surface area contributed by atoms with Crippen molar-refractivity contribution in [2.45, 2.75) is 20.5 Å². The van der Waals surface area contributed by atoms with Crippen LogP contribution in [0.3, 0.4) is 0 Å². The summed E-state index contributed by atoms with van der Waals surface area (Å²) in [5.74, 6) is -0.351. The third-order valence-corrected chi connectivity index (χ3v) is 3.96. The van der Waals surface area contributed by atoms with Gasteiger partial charge in [0.25, 0.3) is 0 Å². The van der Waals surface area contributed by atoms with E-state index in [1.807, 2.05) is 26.0 Å². The van der Waals surface area contributed by atoms with E-state index in [4.69, 9.17) is 0 Å². The molecule has 2 aromatic carbocycles. The first-order valence-corrected chi connectivity index (χ1v) is 7.96. The molecule has 0 aromatic heterocycles. The second kappa shape index (κ2) is 8.06. The summed E-state index contributed by atoms with van der Waals surface area (Å²) in [6.45, 7) is 0.940. The first kappa shape index (κ1) is 18.1. The van der Waals surface area contributed by atoms with Gasteiger partial charge in [-0.25, -0.2) is 0 Å². The number of hydrogen-bond donors (Lipinski definition) is 1. The van der Waals surface area contributed by atoms with Crippen LogP contribution in [0.25, 0.3) is 6.08 Å². The number of carbonyl (C=O) groups is 1. The monoisotopic (exact) mass is 395 g/mol. The maximum absolute atomic E-state index is 12.4. The number of amides is 1. The largest absolute Gasteiger partial charge is 0.434 e. The van der Waals surface area contributed by atoms with Crippen LogP contribution in [-0.4, -0.2) is 12.5 Å². The fourth-order valence-electron chi connectivity index (χ4n) is 2.08. The molecule has 1 N–H and O–H groups in total. The van der Waals surface area contributed by atoms with Crippen molar-refractivity contribution in [3.05, 3.63) is 63.6 Å². The fourth-order valence-corrected chi connectivity index (χ4v) is 2.46. The van der Waals surface area contributed by atoms with E-state index in [0.29, 0.717) is 15.7 Å². The fraction of sp³-hybridized carbons (Fsp3) is 0.167. The summed E-state index contributed by atoms with van der Waals surface area (Å²) in [5.41, 5.74) is 3.13. The number of anilines is 1. The third-order valence-electron chi connectivity index (χ3n) is 3.46. The lowest BCUT2D eigenvalue weighted by Gasteiger charge is -2.09. The van der Waals surface area contributed by atoms with Gasteiger partial charge in [-0.05, 0) is 55.3 Å². The van der Waals surface area contributed by atoms with E-state index >= 15 is 0 Å². The van der Waals surface area contributed by atoms with E-state index in [-0.39, 0.29) is 11.7 Å². The Morgan fingerprint density at radius 2 is 2.00 bits per heavy atom. The second-order valence-corrected chi connectivity index (χ2v) is 6.05. The molecule has 0 unspecified atom stereocenters. The van der Waals surface area contributed by atoms with Gasteiger partial charge in [-0.3, -0.25) is 4.79 Å². The highest BCUT2D eigenvalue weighted by atomic mass is 79.9. The Morgan fingerprint density at radius 1 is 1.25 bits per heavy atom. The summed E-state index contributed by atoms with van der Waals surface area (Å²) in [6, 6.07) is 10.2. The normalized spacial score (nSPS) is 11.1. The Hall–Kier alpha value is -2.21. The number of rotatable bonds is 5. The molecular weight excluding hydrogens is 380 g/mol. The highest BCUT2D eigenvalue weighted by Crippen LogP contribution is 2.26. The predicted molar refractivity (Wildman–Crippen MR) is 94.4 cm³/mol. The standard InChI is InChI=1S/C18H16BrF2NO2/c1-11-4-3-5-15(12(11)2)22-17(23)9-6-13-10-14(19)7-8-16(13)24-18(20)21/h3-10,18H,1-2H3,(H,22,23)/b9-6+. The highest BCUT2D eigenvalue weighted by Gasteiger charge is 2.09. The molecule has 1 amide bonds. The molecule has 0 spiro atoms. The van der Waals surface area contributed by atoms with Crippen molar-refractivity contribution in [2.75, 3.05) is 5.32 Å². The molecular formula is C18H16BrF2NO2. The van der Waals surface area contributed by atoms with Crippen molar-refractivity contribution in [3.63, 3.8) is 0 Å². The predicted octanol–water partition coefficient (Wildman–Crippen LogP) is 5.32. The topological polar surface area (TPSA) is 38.3 Å². The van der Waals surface area contributed by atoms with Crippen LogP contribution in [0.1, 0.15) is 16.7 Å². The van der Waals surface area contributed by atoms with Gasteiger partial charge in [-0.15, -0.1) is 0 Å². The van der Waals surface area contributed by atoms with Crippen LogP contribution in [0.5, 0.6) is 5.75 Å². The maximum Gasteiger partial charge on any atom is 0.387 e. The van der Waals surface area contributed by atoms with Crippen LogP contribution >= 0.6 is 15.9 Å². The van der Waals surface area contributed by atoms with Crippen molar-refractivity contribution in [1.29, 1.82) is 0 Å². The lowest BCUT2D eigenvalue weighted by molar-refractivity contribution is -0.111. The Kier molecular flexibility index (Phi) is 6.09. The van der Waals surface area contributed by atoms with Crippen molar-refractivity contribution in [3.8, 4) is 5.75 Å². The summed E-state index contributed by atoms with van der Waals surface area (Å²) in [5, 5.41) is 2.77. The van der Waals surface area contributed by atoms with Crippen LogP contribution in [0.15, 0.2) is 46.9 Å². The van der Waals surface area contributed by atoms with Gasteiger partial charge in [0.1, 0.15) is 5.75 Å². The van der Waals surface area contributed by atoms with E-state index in [1.165, 1.54) is 18.2 Å². The van der Waals surface area contributed by atoms with Gasteiger partial charge in [-0.1, -0.05) is 28.1 Å². The minimum absolute atomic E-state index is 0.00369. The molecule has 0 aliphatic rings. The average Bonchev–Trinajstić information content (AvgIpc) is 2.51. The molecule has 3 nitrogen and oxygen atoms in total. The number of halogens is 3. The van der Waals surface area contributed by atoms with Crippen LogP contribution in [0.4, 0.5) is 14.5 Å². The van der Waals surface area contributed by atoms with Gasteiger partial charge in [0.05, 0.1) is 0 Å². The number of nitrogens with one attached hydrogen (secondary N) is 1. The van der Waals surface area contributed by atoms with E-state index < -0.39 is 6.61 Å². The molecule has 6 heteroatoms. The number of alkyl halides is 2. The minimum Gasteiger partial charge on any atom is -0.434 e. The summed E-state index contributed by atoms with van der Waals surface area (Å²) in [4.78, 5) is 12.1. The quantitative estimate of drug-likeness (QED) is 0.695. The van der Waals surface area contributed by atoms with E-state index in [2.05, 4.69) is 26.0 Å². The van der Waals surface area contributed by atoms with Gasteiger partial charge in [0.2, 0.25) is 5.91 Å². The molecule has 0 saturated heterocycles. The van der Waals surface area contributed by atoms with Gasteiger partial charge in [-0.2, -0.15) is 8.78 Å². The molecule has 24 heavy (non-hydrogen) atoms. The Labute approximate surface area is 147 Å². The number of hydrogen-bond acceptors (Lipinski definition) is 2. The molecule has 0 atom stereocenters. The molecule has 126 valence electrons. The van der Waals surface area contributed by atoms with Crippen molar-refractivity contribution in [2.24, 2.45) is 0 Å². The number of carbonyl (C=O) groups excluding carboxylic acids is 1. The molecule has 2 aromatic rings. The Morgan fingerprint density at radius 3 is 2.71 bits per heavy atom. The van der Waals surface area contributed by atoms with Gasteiger partial charge < -0.3 is 10.1 Å². The zero-order chi connectivity index (χ0) is 17.7. The number of aryl methyl sites for hydroxylation is 1. The summed E-state index contributed by atoms with van der Waals surface area (Å²) in [7, 11) is 0. The lowest BCUT2D eigenvalue weighted by atomic mass is 10.1. The van der Waals surface area contributed by atoms with Gasteiger partial charge in [0, 0.05) is 21.8 Å². The molecule has 0 heterocycles. The molecule has 0 radical (unpaired) electrons. The van der Waals surface area contributed by atoms with E-state index in [9.17, 15) is 13.6 Å². The first-order valence-electron chi connectivity index (χ1n) is 7.16. The third kappa shape index (κ3) is 4.89. The Bertz CT molecular complexity index is 776. The Balaban J connectivity index is 2.16. The molecule has 0 aliphatic carbocycles. The minimum atomic E-state index is -2.93. The maximum atomic E-state index is 12.4. The van der Waals surface area contributed by atoms with Crippen LogP contribution in [-0.2, 0) is 4.79 Å². The molecule has 0 saturated carbocycles. The van der Waals surface area contributed by atoms with Crippen molar-refractivity contribution >= 4 is 33.6 Å². The molecule has 0 bridgehead atoms. The zero-order valence-electron chi connectivity index (χ0n) is 13.1. The zero-order valence-corrected chi connectivity index (χ0v) is 14.7.